The van der Waals surface area contributed by atoms with Gasteiger partial charge in [0.25, 0.3) is 5.56 Å². The van der Waals surface area contributed by atoms with Crippen molar-refractivity contribution < 1.29 is 9.90 Å². The number of nitrogens with one attached hydrogen (secondary N) is 1. The minimum atomic E-state index is -0.988. The van der Waals surface area contributed by atoms with Crippen LogP contribution in [0.5, 0.6) is 0 Å². The average Bonchev–Trinajstić information content (AvgIpc) is 2.91. The van der Waals surface area contributed by atoms with E-state index in [1.807, 2.05) is 24.3 Å². The second-order valence-electron chi connectivity index (χ2n) is 3.99. The van der Waals surface area contributed by atoms with Crippen LogP contribution in [0.4, 0.5) is 0 Å². The maximum absolute atomic E-state index is 11.8. The van der Waals surface area contributed by atoms with Crippen LogP contribution in [-0.2, 0) is 11.2 Å². The van der Waals surface area contributed by atoms with Crippen LogP contribution >= 0.6 is 11.3 Å². The van der Waals surface area contributed by atoms with Gasteiger partial charge in [-0.2, -0.15) is 4.68 Å². The van der Waals surface area contributed by atoms with Crippen LogP contribution in [0.3, 0.4) is 0 Å². The van der Waals surface area contributed by atoms with E-state index in [0.717, 1.165) is 10.2 Å². The van der Waals surface area contributed by atoms with Crippen molar-refractivity contribution in [1.29, 1.82) is 0 Å². The van der Waals surface area contributed by atoms with Crippen molar-refractivity contribution in [2.24, 2.45) is 0 Å². The van der Waals surface area contributed by atoms with Gasteiger partial charge in [-0.3, -0.25) is 14.7 Å². The predicted molar refractivity (Wildman–Crippen MR) is 70.9 cm³/mol. The molecule has 1 aromatic carbocycles. The van der Waals surface area contributed by atoms with Gasteiger partial charge in [0.15, 0.2) is 0 Å². The lowest BCUT2D eigenvalue weighted by Crippen LogP contribution is -2.12. The lowest BCUT2D eigenvalue weighted by Gasteiger charge is -1.94. The summed E-state index contributed by atoms with van der Waals surface area (Å²) in [6.07, 6.45) is -0.215. The summed E-state index contributed by atoms with van der Waals surface area (Å²) in [5.41, 5.74) is 0.857. The lowest BCUT2D eigenvalue weighted by atomic mass is 10.3. The summed E-state index contributed by atoms with van der Waals surface area (Å²) in [4.78, 5) is 26.8. The van der Waals surface area contributed by atoms with Gasteiger partial charge in [-0.25, -0.2) is 4.98 Å². The van der Waals surface area contributed by atoms with Crippen LogP contribution in [0.15, 0.2) is 35.1 Å². The van der Waals surface area contributed by atoms with E-state index in [0.29, 0.717) is 10.8 Å². The third kappa shape index (κ3) is 2.15. The molecule has 6 nitrogen and oxygen atoms in total. The first-order chi connectivity index (χ1) is 9.13. The first-order valence-corrected chi connectivity index (χ1v) is 6.34. The van der Waals surface area contributed by atoms with E-state index in [4.69, 9.17) is 5.11 Å². The minimum absolute atomic E-state index is 0.215. The van der Waals surface area contributed by atoms with Gasteiger partial charge in [0.1, 0.15) is 0 Å². The Hall–Kier alpha value is -2.41. The van der Waals surface area contributed by atoms with Crippen molar-refractivity contribution in [3.8, 4) is 5.13 Å². The summed E-state index contributed by atoms with van der Waals surface area (Å²) < 4.78 is 2.24. The Balaban J connectivity index is 2.08. The van der Waals surface area contributed by atoms with Crippen LogP contribution in [0.2, 0.25) is 0 Å². The van der Waals surface area contributed by atoms with Crippen molar-refractivity contribution in [3.05, 3.63) is 46.4 Å². The first-order valence-electron chi connectivity index (χ1n) is 5.52. The third-order valence-corrected chi connectivity index (χ3v) is 3.61. The molecular weight excluding hydrogens is 266 g/mol. The number of benzene rings is 1. The number of carboxylic acids is 1. The van der Waals surface area contributed by atoms with Crippen molar-refractivity contribution in [1.82, 2.24) is 14.8 Å². The third-order valence-electron chi connectivity index (χ3n) is 2.59. The summed E-state index contributed by atoms with van der Waals surface area (Å²) in [7, 11) is 0. The van der Waals surface area contributed by atoms with Crippen molar-refractivity contribution >= 4 is 27.5 Å². The molecule has 0 atom stereocenters. The number of para-hydroxylation sites is 1. The number of nitrogens with zero attached hydrogens (tertiary/aromatic N) is 2. The number of fused-ring (bicyclic) bond motifs is 1. The van der Waals surface area contributed by atoms with Gasteiger partial charge in [0, 0.05) is 11.8 Å². The fourth-order valence-electron chi connectivity index (χ4n) is 1.80. The molecule has 0 saturated carbocycles. The van der Waals surface area contributed by atoms with Crippen LogP contribution < -0.4 is 5.56 Å². The van der Waals surface area contributed by atoms with Gasteiger partial charge in [-0.1, -0.05) is 23.5 Å². The Morgan fingerprint density at radius 2 is 2.21 bits per heavy atom. The molecule has 3 rings (SSSR count). The van der Waals surface area contributed by atoms with Crippen molar-refractivity contribution in [3.63, 3.8) is 0 Å². The summed E-state index contributed by atoms with van der Waals surface area (Å²) in [5.74, 6) is -0.988. The quantitative estimate of drug-likeness (QED) is 0.756. The van der Waals surface area contributed by atoms with Gasteiger partial charge in [-0.15, -0.1) is 0 Å². The Morgan fingerprint density at radius 1 is 1.42 bits per heavy atom. The van der Waals surface area contributed by atoms with Gasteiger partial charge in [0.2, 0.25) is 5.13 Å². The fourth-order valence-corrected chi connectivity index (χ4v) is 2.73. The highest BCUT2D eigenvalue weighted by Gasteiger charge is 2.11. The molecule has 0 bridgehead atoms. The van der Waals surface area contributed by atoms with Crippen LogP contribution in [-0.4, -0.2) is 25.8 Å². The number of carboxylic acid groups (broad SMARTS) is 1. The highest BCUT2D eigenvalue weighted by molar-refractivity contribution is 7.20. The molecule has 0 spiro atoms. The normalized spacial score (nSPS) is 10.9. The van der Waals surface area contributed by atoms with Crippen LogP contribution in [0.1, 0.15) is 5.69 Å². The topological polar surface area (TPSA) is 88.0 Å². The van der Waals surface area contributed by atoms with Gasteiger partial charge < -0.3 is 5.11 Å². The second kappa shape index (κ2) is 4.36. The standard InChI is InChI=1S/C12H9N3O3S/c16-10-5-7(6-11(17)18)14-15(10)12-13-8-3-1-2-4-9(8)19-12/h1-5,14H,6H2,(H,17,18). The Morgan fingerprint density at radius 3 is 2.95 bits per heavy atom. The number of thiazole rings is 1. The molecule has 7 heteroatoms. The number of H-pyrrole nitrogens is 1. The number of aromatic nitrogens is 3. The summed E-state index contributed by atoms with van der Waals surface area (Å²) in [5, 5.41) is 12.0. The van der Waals surface area contributed by atoms with E-state index < -0.39 is 5.97 Å². The molecule has 2 heterocycles. The molecule has 3 aromatic rings. The molecule has 0 aliphatic heterocycles. The molecule has 0 fully saturated rings. The van der Waals surface area contributed by atoms with E-state index in [-0.39, 0.29) is 12.0 Å². The summed E-state index contributed by atoms with van der Waals surface area (Å²) >= 11 is 1.37. The fraction of sp³-hybridized carbons (Fsp3) is 0.0833. The summed E-state index contributed by atoms with van der Waals surface area (Å²) in [6.45, 7) is 0. The molecule has 0 unspecified atom stereocenters. The van der Waals surface area contributed by atoms with E-state index in [1.165, 1.54) is 22.1 Å². The maximum atomic E-state index is 11.8. The number of carbonyl (C=O) groups is 1. The monoisotopic (exact) mass is 275 g/mol. The number of hydrogen-bond acceptors (Lipinski definition) is 4. The highest BCUT2D eigenvalue weighted by atomic mass is 32.1. The molecule has 0 radical (unpaired) electrons. The highest BCUT2D eigenvalue weighted by Crippen LogP contribution is 2.23. The molecule has 2 N–H and O–H groups in total. The molecule has 0 amide bonds. The predicted octanol–water partition coefficient (Wildman–Crippen LogP) is 1.40. The zero-order chi connectivity index (χ0) is 13.4. The Labute approximate surface area is 110 Å². The molecule has 2 aromatic heterocycles. The van der Waals surface area contributed by atoms with Gasteiger partial charge >= 0.3 is 5.97 Å². The molecular formula is C12H9N3O3S. The minimum Gasteiger partial charge on any atom is -0.481 e. The smallest absolute Gasteiger partial charge is 0.309 e. The van der Waals surface area contributed by atoms with Gasteiger partial charge in [-0.05, 0) is 12.1 Å². The largest absolute Gasteiger partial charge is 0.481 e. The van der Waals surface area contributed by atoms with E-state index in [1.54, 1.807) is 0 Å². The first kappa shape index (κ1) is 11.7. The molecule has 96 valence electrons. The molecule has 0 aliphatic carbocycles. The SMILES string of the molecule is O=C(O)Cc1cc(=O)n(-c2nc3ccccc3s2)[nH]1. The van der Waals surface area contributed by atoms with Crippen molar-refractivity contribution in [2.45, 2.75) is 6.42 Å². The number of hydrogen-bond donors (Lipinski definition) is 2. The number of aromatic amines is 1. The zero-order valence-corrected chi connectivity index (χ0v) is 10.5. The van der Waals surface area contributed by atoms with Crippen molar-refractivity contribution in [2.75, 3.05) is 0 Å². The summed E-state index contributed by atoms with van der Waals surface area (Å²) in [6, 6.07) is 8.83. The maximum Gasteiger partial charge on any atom is 0.309 e. The number of rotatable bonds is 3. The zero-order valence-electron chi connectivity index (χ0n) is 9.66. The average molecular weight is 275 g/mol. The van der Waals surface area contributed by atoms with Crippen LogP contribution in [0, 0.1) is 0 Å². The molecule has 19 heavy (non-hydrogen) atoms. The Kier molecular flexibility index (Phi) is 2.68. The molecule has 0 aliphatic rings. The number of aliphatic carboxylic acids is 1. The van der Waals surface area contributed by atoms with E-state index in [2.05, 4.69) is 10.1 Å². The second-order valence-corrected chi connectivity index (χ2v) is 5.00. The van der Waals surface area contributed by atoms with E-state index in [9.17, 15) is 9.59 Å². The van der Waals surface area contributed by atoms with Gasteiger partial charge in [0.05, 0.1) is 16.6 Å². The van der Waals surface area contributed by atoms with E-state index >= 15 is 0 Å². The Bertz CT molecular complexity index is 782. The molecule has 0 saturated heterocycles. The van der Waals surface area contributed by atoms with Crippen LogP contribution in [0.25, 0.3) is 15.3 Å². The lowest BCUT2D eigenvalue weighted by molar-refractivity contribution is -0.136.